The fourth-order valence-corrected chi connectivity index (χ4v) is 5.97. The minimum atomic E-state index is -0.322. The third kappa shape index (κ3) is 4.38. The molecule has 2 heterocycles. The highest BCUT2D eigenvalue weighted by atomic mass is 79.9. The van der Waals surface area contributed by atoms with Gasteiger partial charge in [0.25, 0.3) is 0 Å². The number of rotatable bonds is 4. The lowest BCUT2D eigenvalue weighted by Crippen LogP contribution is -2.13. The van der Waals surface area contributed by atoms with Gasteiger partial charge in [0, 0.05) is 29.4 Å². The molecule has 0 radical (unpaired) electrons. The molecular weight excluding hydrogens is 621 g/mol. The molecule has 11 heteroatoms. The lowest BCUT2D eigenvalue weighted by Gasteiger charge is -2.01. The summed E-state index contributed by atoms with van der Waals surface area (Å²) in [5, 5.41) is 14.5. The van der Waals surface area contributed by atoms with E-state index in [4.69, 9.17) is 11.6 Å². The summed E-state index contributed by atoms with van der Waals surface area (Å²) in [6, 6.07) is 11.1. The van der Waals surface area contributed by atoms with Gasteiger partial charge in [0.2, 0.25) is 5.13 Å². The molecule has 0 bridgehead atoms. The topological polar surface area (TPSA) is 75.4 Å². The van der Waals surface area contributed by atoms with Crippen LogP contribution in [0.3, 0.4) is 0 Å². The van der Waals surface area contributed by atoms with E-state index in [1.165, 1.54) is 16.0 Å². The van der Waals surface area contributed by atoms with Gasteiger partial charge in [0.1, 0.15) is 5.69 Å². The van der Waals surface area contributed by atoms with Crippen molar-refractivity contribution < 1.29 is 0 Å². The van der Waals surface area contributed by atoms with E-state index < -0.39 is 0 Å². The van der Waals surface area contributed by atoms with Crippen molar-refractivity contribution in [3.05, 3.63) is 76.3 Å². The summed E-state index contributed by atoms with van der Waals surface area (Å²) < 4.78 is 3.75. The number of H-pyrrole nitrogens is 1. The Bertz CT molecular complexity index is 1300. The average Bonchev–Trinajstić information content (AvgIpc) is 3.27. The molecule has 4 rings (SSSR count). The van der Waals surface area contributed by atoms with Gasteiger partial charge in [-0.1, -0.05) is 39.7 Å². The van der Waals surface area contributed by atoms with Crippen LogP contribution >= 0.6 is 70.7 Å². The van der Waals surface area contributed by atoms with Crippen LogP contribution in [0.4, 0.5) is 11.4 Å². The van der Waals surface area contributed by atoms with Gasteiger partial charge in [0.05, 0.1) is 11.4 Å². The minimum Gasteiger partial charge on any atom is -0.291 e. The van der Waals surface area contributed by atoms with Crippen LogP contribution in [0.2, 0.25) is 5.02 Å². The largest absolute Gasteiger partial charge is 0.301 e. The summed E-state index contributed by atoms with van der Waals surface area (Å²) in [5.74, 6) is 0. The molecule has 4 aromatic rings. The molecule has 30 heavy (non-hydrogen) atoms. The van der Waals surface area contributed by atoms with Gasteiger partial charge < -0.3 is 0 Å². The fourth-order valence-electron chi connectivity index (χ4n) is 2.64. The standard InChI is InChI=1S/C19H11Br3ClN5OS/c1-9-16(25-26-17-13(21)6-11(20)7-14(17)22)18(29)28(27-9)19-24-15(8-30-19)10-2-4-12(23)5-3-10/h2-8,27H,1H3. The van der Waals surface area contributed by atoms with Crippen LogP contribution in [0.25, 0.3) is 16.4 Å². The van der Waals surface area contributed by atoms with E-state index in [1.807, 2.05) is 29.6 Å². The average molecular weight is 633 g/mol. The number of azo groups is 1. The predicted molar refractivity (Wildman–Crippen MR) is 131 cm³/mol. The Balaban J connectivity index is 1.68. The molecule has 0 unspecified atom stereocenters. The molecular formula is C19H11Br3ClN5OS. The Kier molecular flexibility index (Phi) is 6.40. The smallest absolute Gasteiger partial charge is 0.291 e. The minimum absolute atomic E-state index is 0.222. The maximum Gasteiger partial charge on any atom is 0.301 e. The maximum absolute atomic E-state index is 12.9. The molecule has 0 saturated carbocycles. The van der Waals surface area contributed by atoms with Crippen LogP contribution in [0, 0.1) is 6.92 Å². The Morgan fingerprint density at radius 3 is 2.37 bits per heavy atom. The molecule has 0 aliphatic carbocycles. The Labute approximate surface area is 205 Å². The first-order valence-electron chi connectivity index (χ1n) is 8.43. The molecule has 152 valence electrons. The first-order chi connectivity index (χ1) is 14.3. The Hall–Kier alpha value is -1.59. The van der Waals surface area contributed by atoms with Crippen molar-refractivity contribution >= 4 is 82.1 Å². The molecule has 6 nitrogen and oxygen atoms in total. The number of hydrogen-bond donors (Lipinski definition) is 1. The van der Waals surface area contributed by atoms with Gasteiger partial charge in [-0.25, -0.2) is 4.98 Å². The van der Waals surface area contributed by atoms with Crippen LogP contribution in [0.5, 0.6) is 0 Å². The van der Waals surface area contributed by atoms with Crippen LogP contribution < -0.4 is 5.56 Å². The number of halogens is 4. The van der Waals surface area contributed by atoms with Gasteiger partial charge in [-0.3, -0.25) is 9.89 Å². The Morgan fingerprint density at radius 2 is 1.70 bits per heavy atom. The van der Waals surface area contributed by atoms with Gasteiger partial charge in [-0.2, -0.15) is 4.68 Å². The number of aromatic nitrogens is 3. The zero-order chi connectivity index (χ0) is 21.4. The molecule has 0 atom stereocenters. The zero-order valence-electron chi connectivity index (χ0n) is 15.2. The second-order valence-electron chi connectivity index (χ2n) is 6.17. The van der Waals surface area contributed by atoms with E-state index in [2.05, 4.69) is 68.1 Å². The molecule has 0 aliphatic rings. The molecule has 0 fully saturated rings. The van der Waals surface area contributed by atoms with Crippen molar-refractivity contribution in [2.75, 3.05) is 0 Å². The molecule has 1 N–H and O–H groups in total. The first-order valence-corrected chi connectivity index (χ1v) is 12.1. The van der Waals surface area contributed by atoms with Crippen molar-refractivity contribution in [2.24, 2.45) is 10.2 Å². The van der Waals surface area contributed by atoms with Crippen molar-refractivity contribution in [3.8, 4) is 16.4 Å². The number of nitrogens with one attached hydrogen (secondary N) is 1. The van der Waals surface area contributed by atoms with Gasteiger partial charge in [-0.15, -0.1) is 21.6 Å². The predicted octanol–water partition coefficient (Wildman–Crippen LogP) is 7.95. The normalized spacial score (nSPS) is 11.5. The second-order valence-corrected chi connectivity index (χ2v) is 10.1. The summed E-state index contributed by atoms with van der Waals surface area (Å²) in [5.41, 5.74) is 2.76. The molecule has 2 aromatic carbocycles. The van der Waals surface area contributed by atoms with Crippen LogP contribution in [-0.2, 0) is 0 Å². The maximum atomic E-state index is 12.9. The summed E-state index contributed by atoms with van der Waals surface area (Å²) in [6.45, 7) is 1.77. The molecule has 0 spiro atoms. The first kappa shape index (κ1) is 21.6. The summed E-state index contributed by atoms with van der Waals surface area (Å²) >= 11 is 17.6. The monoisotopic (exact) mass is 629 g/mol. The molecule has 0 aliphatic heterocycles. The van der Waals surface area contributed by atoms with E-state index in [0.717, 1.165) is 24.7 Å². The highest BCUT2D eigenvalue weighted by Crippen LogP contribution is 2.37. The summed E-state index contributed by atoms with van der Waals surface area (Å²) in [7, 11) is 0. The van der Waals surface area contributed by atoms with E-state index >= 15 is 0 Å². The van der Waals surface area contributed by atoms with Crippen LogP contribution in [0.15, 0.2) is 70.2 Å². The van der Waals surface area contributed by atoms with Crippen molar-refractivity contribution in [1.82, 2.24) is 14.8 Å². The number of aromatic amines is 1. The number of thiazole rings is 1. The number of nitrogens with zero attached hydrogens (tertiary/aromatic N) is 4. The Morgan fingerprint density at radius 1 is 1.07 bits per heavy atom. The van der Waals surface area contributed by atoms with E-state index in [1.54, 1.807) is 19.1 Å². The van der Waals surface area contributed by atoms with Crippen LogP contribution in [-0.4, -0.2) is 14.8 Å². The number of hydrogen-bond acceptors (Lipinski definition) is 5. The van der Waals surface area contributed by atoms with Crippen molar-refractivity contribution in [1.29, 1.82) is 0 Å². The second kappa shape index (κ2) is 8.88. The van der Waals surface area contributed by atoms with Crippen LogP contribution in [0.1, 0.15) is 5.69 Å². The van der Waals surface area contributed by atoms with Gasteiger partial charge in [-0.05, 0) is 63.0 Å². The van der Waals surface area contributed by atoms with Gasteiger partial charge >= 0.3 is 5.56 Å². The molecule has 0 saturated heterocycles. The quantitative estimate of drug-likeness (QED) is 0.232. The fraction of sp³-hybridized carbons (Fsp3) is 0.0526. The summed E-state index contributed by atoms with van der Waals surface area (Å²) in [6.07, 6.45) is 0. The van der Waals surface area contributed by atoms with E-state index in [0.29, 0.717) is 21.5 Å². The van der Waals surface area contributed by atoms with Gasteiger partial charge in [0.15, 0.2) is 5.69 Å². The molecule has 0 amide bonds. The SMILES string of the molecule is Cc1[nH]n(-c2nc(-c3ccc(Cl)cc3)cs2)c(=O)c1N=Nc1c(Br)cc(Br)cc1Br. The van der Waals surface area contributed by atoms with Crippen molar-refractivity contribution in [2.45, 2.75) is 6.92 Å². The van der Waals surface area contributed by atoms with E-state index in [9.17, 15) is 4.79 Å². The highest BCUT2D eigenvalue weighted by molar-refractivity contribution is 9.11. The highest BCUT2D eigenvalue weighted by Gasteiger charge is 2.16. The number of benzene rings is 2. The zero-order valence-corrected chi connectivity index (χ0v) is 21.5. The lowest BCUT2D eigenvalue weighted by atomic mass is 10.2. The molecule has 2 aromatic heterocycles. The van der Waals surface area contributed by atoms with Crippen molar-refractivity contribution in [3.63, 3.8) is 0 Å². The summed E-state index contributed by atoms with van der Waals surface area (Å²) in [4.78, 5) is 17.5. The third-order valence-corrected chi connectivity index (χ3v) is 6.84. The number of aryl methyl sites for hydroxylation is 1. The third-order valence-electron chi connectivity index (χ3n) is 4.10. The lowest BCUT2D eigenvalue weighted by molar-refractivity contribution is 0.827. The van der Waals surface area contributed by atoms with E-state index in [-0.39, 0.29) is 11.2 Å².